The first-order valence-corrected chi connectivity index (χ1v) is 10.2. The van der Waals surface area contributed by atoms with Crippen molar-refractivity contribution in [2.24, 2.45) is 0 Å². The van der Waals surface area contributed by atoms with Crippen LogP contribution in [0.2, 0.25) is 0 Å². The minimum absolute atomic E-state index is 0.0706. The van der Waals surface area contributed by atoms with Gasteiger partial charge in [0.05, 0.1) is 31.9 Å². The monoisotopic (exact) mass is 490 g/mol. The second-order valence-electron chi connectivity index (χ2n) is 7.65. The number of halogens is 3. The lowest BCUT2D eigenvalue weighted by molar-refractivity contribution is -0.139. The second-order valence-corrected chi connectivity index (χ2v) is 7.65. The number of hydrogen-bond acceptors (Lipinski definition) is 6. The van der Waals surface area contributed by atoms with E-state index in [2.05, 4.69) is 0 Å². The summed E-state index contributed by atoms with van der Waals surface area (Å²) in [5.74, 6) is -1.98. The Balaban J connectivity index is 2.06. The summed E-state index contributed by atoms with van der Waals surface area (Å²) in [5, 5.41) is 0. The average molecular weight is 490 g/mol. The minimum Gasteiger partial charge on any atom is -0.465 e. The molecule has 11 heteroatoms. The van der Waals surface area contributed by atoms with E-state index in [1.165, 1.54) is 38.5 Å². The number of hydrogen-bond donors (Lipinski definition) is 0. The molecule has 2 aromatic heterocycles. The van der Waals surface area contributed by atoms with Gasteiger partial charge in [-0.15, -0.1) is 0 Å². The Morgan fingerprint density at radius 2 is 1.51 bits per heavy atom. The van der Waals surface area contributed by atoms with Crippen molar-refractivity contribution in [2.75, 3.05) is 14.2 Å². The van der Waals surface area contributed by atoms with Gasteiger partial charge in [0, 0.05) is 28.8 Å². The maximum absolute atomic E-state index is 13.1. The maximum atomic E-state index is 13.1. The van der Waals surface area contributed by atoms with Crippen molar-refractivity contribution in [3.63, 3.8) is 0 Å². The molecule has 0 fully saturated rings. The molecular formula is C24H21F3N2O6. The van der Waals surface area contributed by atoms with E-state index >= 15 is 0 Å². The number of ether oxygens (including phenoxy) is 2. The van der Waals surface area contributed by atoms with Crippen molar-refractivity contribution in [1.82, 2.24) is 9.13 Å². The molecular weight excluding hydrogens is 469 g/mol. The molecule has 0 bridgehead atoms. The smallest absolute Gasteiger partial charge is 0.421 e. The fraction of sp³-hybridized carbons (Fsp3) is 0.250. The van der Waals surface area contributed by atoms with Crippen molar-refractivity contribution in [2.45, 2.75) is 26.6 Å². The molecule has 0 unspecified atom stereocenters. The Labute approximate surface area is 197 Å². The summed E-state index contributed by atoms with van der Waals surface area (Å²) in [7, 11) is 2.37. The SMILES string of the molecule is COC(=O)c1cc(C(=O)OC)cc(-n2c(C)cc(C(=O)Cn3cccc(C(F)(F)F)c3=O)c2C)c1. The van der Waals surface area contributed by atoms with Crippen LogP contribution in [0, 0.1) is 13.8 Å². The first kappa shape index (κ1) is 25.5. The predicted octanol–water partition coefficient (Wildman–Crippen LogP) is 3.73. The molecule has 3 aromatic rings. The van der Waals surface area contributed by atoms with E-state index in [0.29, 0.717) is 27.7 Å². The summed E-state index contributed by atoms with van der Waals surface area (Å²) in [4.78, 5) is 49.5. The van der Waals surface area contributed by atoms with Gasteiger partial charge >= 0.3 is 18.1 Å². The first-order chi connectivity index (χ1) is 16.4. The second kappa shape index (κ2) is 9.61. The predicted molar refractivity (Wildman–Crippen MR) is 118 cm³/mol. The zero-order valence-electron chi connectivity index (χ0n) is 19.2. The number of aromatic nitrogens is 2. The Hall–Kier alpha value is -4.15. The molecule has 0 atom stereocenters. The molecule has 0 radical (unpaired) electrons. The molecule has 0 saturated heterocycles. The van der Waals surface area contributed by atoms with Gasteiger partial charge in [-0.1, -0.05) is 0 Å². The van der Waals surface area contributed by atoms with Gasteiger partial charge in [-0.3, -0.25) is 9.59 Å². The molecule has 2 heterocycles. The summed E-state index contributed by atoms with van der Waals surface area (Å²) in [6.45, 7) is 2.66. The highest BCUT2D eigenvalue weighted by atomic mass is 19.4. The van der Waals surface area contributed by atoms with Gasteiger partial charge in [0.1, 0.15) is 5.56 Å². The summed E-state index contributed by atoms with van der Waals surface area (Å²) in [5.41, 5.74) is -1.09. The van der Waals surface area contributed by atoms with E-state index in [4.69, 9.17) is 9.47 Å². The molecule has 0 aliphatic rings. The fourth-order valence-electron chi connectivity index (χ4n) is 3.77. The van der Waals surface area contributed by atoms with Crippen molar-refractivity contribution in [3.05, 3.63) is 86.6 Å². The number of methoxy groups -OCH3 is 2. The Morgan fingerprint density at radius 3 is 2.03 bits per heavy atom. The van der Waals surface area contributed by atoms with Crippen LogP contribution in [0.3, 0.4) is 0 Å². The van der Waals surface area contributed by atoms with Gasteiger partial charge < -0.3 is 18.6 Å². The van der Waals surface area contributed by atoms with Gasteiger partial charge in [0.2, 0.25) is 0 Å². The molecule has 3 rings (SSSR count). The lowest BCUT2D eigenvalue weighted by Gasteiger charge is -2.13. The van der Waals surface area contributed by atoms with Gasteiger partial charge in [-0.05, 0) is 50.2 Å². The molecule has 8 nitrogen and oxygen atoms in total. The molecule has 0 aliphatic carbocycles. The number of aryl methyl sites for hydroxylation is 1. The van der Waals surface area contributed by atoms with Crippen molar-refractivity contribution < 1.29 is 37.0 Å². The fourth-order valence-corrected chi connectivity index (χ4v) is 3.77. The van der Waals surface area contributed by atoms with Crippen LogP contribution in [0.5, 0.6) is 0 Å². The highest BCUT2D eigenvalue weighted by Gasteiger charge is 2.34. The van der Waals surface area contributed by atoms with Crippen LogP contribution in [0.15, 0.2) is 47.4 Å². The first-order valence-electron chi connectivity index (χ1n) is 10.2. The van der Waals surface area contributed by atoms with E-state index in [0.717, 1.165) is 12.3 Å². The standard InChI is InChI=1S/C24H21F3N2O6/c1-13-8-18(20(30)12-28-7-5-6-19(21(28)31)24(25,26)27)14(2)29(13)17-10-15(22(32)34-3)9-16(11-17)23(33)35-4/h5-11H,12H2,1-4H3. The van der Waals surface area contributed by atoms with Crippen LogP contribution < -0.4 is 5.56 Å². The van der Waals surface area contributed by atoms with Crippen LogP contribution in [0.4, 0.5) is 13.2 Å². The van der Waals surface area contributed by atoms with Gasteiger partial charge in [0.25, 0.3) is 5.56 Å². The summed E-state index contributed by atoms with van der Waals surface area (Å²) < 4.78 is 51.0. The number of ketones is 1. The molecule has 184 valence electrons. The summed E-state index contributed by atoms with van der Waals surface area (Å²) >= 11 is 0. The number of carbonyl (C=O) groups is 3. The largest absolute Gasteiger partial charge is 0.465 e. The lowest BCUT2D eigenvalue weighted by atomic mass is 10.1. The topological polar surface area (TPSA) is 96.6 Å². The number of pyridine rings is 1. The number of nitrogens with zero attached hydrogens (tertiary/aromatic N) is 2. The van der Waals surface area contributed by atoms with Crippen molar-refractivity contribution >= 4 is 17.7 Å². The Morgan fingerprint density at radius 1 is 0.943 bits per heavy atom. The average Bonchev–Trinajstić information content (AvgIpc) is 3.11. The van der Waals surface area contributed by atoms with E-state index < -0.39 is 41.6 Å². The Kier molecular flexibility index (Phi) is 6.99. The molecule has 0 saturated carbocycles. The van der Waals surface area contributed by atoms with E-state index in [1.54, 1.807) is 18.4 Å². The number of carbonyl (C=O) groups excluding carboxylic acids is 3. The van der Waals surface area contributed by atoms with Crippen LogP contribution in [-0.4, -0.2) is 41.1 Å². The molecule has 0 amide bonds. The van der Waals surface area contributed by atoms with Crippen LogP contribution >= 0.6 is 0 Å². The number of rotatable bonds is 6. The van der Waals surface area contributed by atoms with E-state index in [-0.39, 0.29) is 16.7 Å². The normalized spacial score (nSPS) is 11.3. The van der Waals surface area contributed by atoms with Gasteiger partial charge in [0.15, 0.2) is 5.78 Å². The number of Topliss-reactive ketones (excluding diaryl/α,β-unsaturated/α-hetero) is 1. The third kappa shape index (κ3) is 5.03. The van der Waals surface area contributed by atoms with Gasteiger partial charge in [-0.25, -0.2) is 9.59 Å². The van der Waals surface area contributed by atoms with E-state index in [1.807, 2.05) is 0 Å². The number of alkyl halides is 3. The lowest BCUT2D eigenvalue weighted by Crippen LogP contribution is -2.30. The number of esters is 2. The van der Waals surface area contributed by atoms with Crippen LogP contribution in [-0.2, 0) is 22.2 Å². The molecule has 0 aliphatic heterocycles. The van der Waals surface area contributed by atoms with E-state index in [9.17, 15) is 32.3 Å². The zero-order valence-corrected chi connectivity index (χ0v) is 19.2. The highest BCUT2D eigenvalue weighted by Crippen LogP contribution is 2.27. The summed E-state index contributed by atoms with van der Waals surface area (Å²) in [6.07, 6.45) is -3.74. The molecule has 35 heavy (non-hydrogen) atoms. The van der Waals surface area contributed by atoms with Crippen LogP contribution in [0.1, 0.15) is 48.0 Å². The molecule has 1 aromatic carbocycles. The minimum atomic E-state index is -4.85. The third-order valence-electron chi connectivity index (χ3n) is 5.39. The van der Waals surface area contributed by atoms with Crippen molar-refractivity contribution in [1.29, 1.82) is 0 Å². The highest BCUT2D eigenvalue weighted by molar-refractivity contribution is 5.98. The molecule has 0 N–H and O–H groups in total. The third-order valence-corrected chi connectivity index (χ3v) is 5.39. The quantitative estimate of drug-likeness (QED) is 0.386. The summed E-state index contributed by atoms with van der Waals surface area (Å²) in [6, 6.07) is 7.45. The Bertz CT molecular complexity index is 1350. The number of benzene rings is 1. The maximum Gasteiger partial charge on any atom is 0.421 e. The van der Waals surface area contributed by atoms with Crippen LogP contribution in [0.25, 0.3) is 5.69 Å². The molecule has 0 spiro atoms. The van der Waals surface area contributed by atoms with Gasteiger partial charge in [-0.2, -0.15) is 13.2 Å². The zero-order chi connectivity index (χ0) is 26.1. The van der Waals surface area contributed by atoms with Crippen molar-refractivity contribution in [3.8, 4) is 5.69 Å².